The monoisotopic (exact) mass is 454 g/mol. The summed E-state index contributed by atoms with van der Waals surface area (Å²) in [5.41, 5.74) is 4.60. The van der Waals surface area contributed by atoms with Crippen molar-refractivity contribution in [3.8, 4) is 0 Å². The maximum absolute atomic E-state index is 12.0. The summed E-state index contributed by atoms with van der Waals surface area (Å²) in [5.74, 6) is -0.469. The van der Waals surface area contributed by atoms with Gasteiger partial charge in [0.1, 0.15) is 5.82 Å². The molecule has 1 aliphatic rings. The molecule has 0 amide bonds. The van der Waals surface area contributed by atoms with Gasteiger partial charge >= 0.3 is 5.97 Å². The minimum absolute atomic E-state index is 0.0964. The van der Waals surface area contributed by atoms with E-state index < -0.39 is 16.0 Å². The summed E-state index contributed by atoms with van der Waals surface area (Å²) in [6.07, 6.45) is 1.05. The Morgan fingerprint density at radius 3 is 2.34 bits per heavy atom. The summed E-state index contributed by atoms with van der Waals surface area (Å²) in [6.45, 7) is 7.26. The summed E-state index contributed by atoms with van der Waals surface area (Å²) in [4.78, 5) is 21.1. The Bertz CT molecular complexity index is 1300. The number of hydrogen-bond acceptors (Lipinski definition) is 6. The van der Waals surface area contributed by atoms with Crippen molar-refractivity contribution in [3.63, 3.8) is 0 Å². The van der Waals surface area contributed by atoms with Crippen LogP contribution in [0.5, 0.6) is 0 Å². The zero-order valence-electron chi connectivity index (χ0n) is 18.3. The number of carboxylic acids is 1. The van der Waals surface area contributed by atoms with Gasteiger partial charge in [0.15, 0.2) is 0 Å². The molecule has 2 aromatic carbocycles. The zero-order chi connectivity index (χ0) is 23.0. The predicted octanol–water partition coefficient (Wildman–Crippen LogP) is 3.25. The fourth-order valence-electron chi connectivity index (χ4n) is 4.06. The molecule has 3 aromatic rings. The van der Waals surface area contributed by atoms with Crippen molar-refractivity contribution in [3.05, 3.63) is 59.2 Å². The number of piperazine rings is 1. The fourth-order valence-corrected chi connectivity index (χ4v) is 4.62. The van der Waals surface area contributed by atoms with Gasteiger partial charge < -0.3 is 14.9 Å². The summed E-state index contributed by atoms with van der Waals surface area (Å²) >= 11 is 0. The van der Waals surface area contributed by atoms with E-state index in [2.05, 4.69) is 51.6 Å². The van der Waals surface area contributed by atoms with Crippen LogP contribution in [-0.4, -0.2) is 56.9 Å². The predicted molar refractivity (Wildman–Crippen MR) is 128 cm³/mol. The minimum atomic E-state index is -3.47. The van der Waals surface area contributed by atoms with Crippen LogP contribution in [-0.2, 0) is 10.0 Å². The second-order valence-corrected chi connectivity index (χ2v) is 9.95. The molecule has 0 spiro atoms. The fraction of sp³-hybridized carbons (Fsp3) is 0.304. The lowest BCUT2D eigenvalue weighted by Crippen LogP contribution is -2.47. The highest BCUT2D eigenvalue weighted by atomic mass is 32.2. The average Bonchev–Trinajstić information content (AvgIpc) is 2.73. The van der Waals surface area contributed by atoms with Crippen molar-refractivity contribution in [2.45, 2.75) is 13.8 Å². The second kappa shape index (κ2) is 8.31. The van der Waals surface area contributed by atoms with E-state index in [1.54, 1.807) is 18.2 Å². The molecule has 0 saturated carbocycles. The maximum atomic E-state index is 12.0. The lowest BCUT2D eigenvalue weighted by molar-refractivity contribution is 0.0699. The van der Waals surface area contributed by atoms with Crippen LogP contribution in [0.15, 0.2) is 42.5 Å². The number of aromatic nitrogens is 1. The maximum Gasteiger partial charge on any atom is 0.336 e. The number of nitrogens with one attached hydrogen (secondary N) is 1. The van der Waals surface area contributed by atoms with Crippen LogP contribution in [0.4, 0.5) is 17.2 Å². The van der Waals surface area contributed by atoms with E-state index in [0.717, 1.165) is 32.4 Å². The van der Waals surface area contributed by atoms with Crippen molar-refractivity contribution in [2.24, 2.45) is 0 Å². The van der Waals surface area contributed by atoms with Crippen molar-refractivity contribution in [1.29, 1.82) is 0 Å². The van der Waals surface area contributed by atoms with Gasteiger partial charge in [0.05, 0.1) is 17.3 Å². The van der Waals surface area contributed by atoms with Crippen molar-refractivity contribution >= 4 is 44.1 Å². The molecule has 0 aliphatic carbocycles. The average molecular weight is 455 g/mol. The van der Waals surface area contributed by atoms with Gasteiger partial charge in [0, 0.05) is 42.9 Å². The normalized spacial score (nSPS) is 14.6. The number of fused-ring (bicyclic) bond motifs is 1. The summed E-state index contributed by atoms with van der Waals surface area (Å²) in [7, 11) is -3.47. The smallest absolute Gasteiger partial charge is 0.336 e. The molecule has 2 N–H and O–H groups in total. The molecule has 32 heavy (non-hydrogen) atoms. The van der Waals surface area contributed by atoms with Gasteiger partial charge in [-0.2, -0.15) is 0 Å². The molecule has 1 aromatic heterocycles. The van der Waals surface area contributed by atoms with Gasteiger partial charge in [0.2, 0.25) is 10.0 Å². The number of rotatable bonds is 5. The Labute approximate surface area is 187 Å². The number of carbonyl (C=O) groups is 1. The number of anilines is 3. The van der Waals surface area contributed by atoms with Crippen LogP contribution in [0.3, 0.4) is 0 Å². The Hall–Kier alpha value is -3.33. The van der Waals surface area contributed by atoms with Crippen LogP contribution in [0.25, 0.3) is 10.9 Å². The number of hydrogen-bond donors (Lipinski definition) is 2. The number of benzene rings is 2. The zero-order valence-corrected chi connectivity index (χ0v) is 19.1. The number of sulfonamides is 1. The highest BCUT2D eigenvalue weighted by molar-refractivity contribution is 7.92. The van der Waals surface area contributed by atoms with E-state index in [0.29, 0.717) is 22.4 Å². The number of pyridine rings is 1. The Morgan fingerprint density at radius 1 is 1.00 bits per heavy atom. The lowest BCUT2D eigenvalue weighted by Gasteiger charge is -2.37. The molecule has 9 heteroatoms. The van der Waals surface area contributed by atoms with Crippen LogP contribution in [0.2, 0.25) is 0 Å². The third kappa shape index (κ3) is 4.62. The molecule has 1 aliphatic heterocycles. The highest BCUT2D eigenvalue weighted by Crippen LogP contribution is 2.28. The molecule has 0 bridgehead atoms. The second-order valence-electron chi connectivity index (χ2n) is 8.20. The van der Waals surface area contributed by atoms with Crippen LogP contribution >= 0.6 is 0 Å². The largest absolute Gasteiger partial charge is 0.478 e. The van der Waals surface area contributed by atoms with Gasteiger partial charge in [-0.05, 0) is 55.3 Å². The van der Waals surface area contributed by atoms with Gasteiger partial charge in [0.25, 0.3) is 0 Å². The molecule has 0 unspecified atom stereocenters. The molecule has 0 atom stereocenters. The summed E-state index contributed by atoms with van der Waals surface area (Å²) in [6, 6.07) is 12.8. The third-order valence-corrected chi connectivity index (χ3v) is 6.24. The van der Waals surface area contributed by atoms with Crippen molar-refractivity contribution in [1.82, 2.24) is 4.98 Å². The van der Waals surface area contributed by atoms with E-state index in [1.165, 1.54) is 22.9 Å². The molecule has 1 fully saturated rings. The molecule has 2 heterocycles. The van der Waals surface area contributed by atoms with Gasteiger partial charge in [-0.15, -0.1) is 0 Å². The van der Waals surface area contributed by atoms with Crippen LogP contribution in [0, 0.1) is 13.8 Å². The Morgan fingerprint density at radius 2 is 1.69 bits per heavy atom. The first-order valence-corrected chi connectivity index (χ1v) is 12.2. The highest BCUT2D eigenvalue weighted by Gasteiger charge is 2.22. The first-order chi connectivity index (χ1) is 15.1. The standard InChI is InChI=1S/C23H26N4O4S/c1-15-4-5-16(2)21(12-15)26-8-10-27(11-9-26)22-14-19(23(28)29)18-13-17(25-32(3,30)31)6-7-20(18)24-22/h4-7,12-14,25H,8-11H2,1-3H3,(H,28,29). The summed E-state index contributed by atoms with van der Waals surface area (Å²) in [5, 5.41) is 10.2. The first kappa shape index (κ1) is 21.9. The molecule has 0 radical (unpaired) electrons. The number of carboxylic acid groups (broad SMARTS) is 1. The van der Waals surface area contributed by atoms with E-state index in [9.17, 15) is 18.3 Å². The van der Waals surface area contributed by atoms with Gasteiger partial charge in [-0.25, -0.2) is 18.2 Å². The van der Waals surface area contributed by atoms with E-state index in [1.807, 2.05) is 0 Å². The van der Waals surface area contributed by atoms with E-state index in [-0.39, 0.29) is 5.56 Å². The number of nitrogens with zero attached hydrogens (tertiary/aromatic N) is 3. The summed E-state index contributed by atoms with van der Waals surface area (Å²) < 4.78 is 25.4. The Balaban J connectivity index is 1.61. The molecule has 8 nitrogen and oxygen atoms in total. The number of aromatic carboxylic acids is 1. The topological polar surface area (TPSA) is 103 Å². The first-order valence-electron chi connectivity index (χ1n) is 10.3. The minimum Gasteiger partial charge on any atom is -0.478 e. The van der Waals surface area contributed by atoms with Crippen molar-refractivity contribution in [2.75, 3.05) is 47.0 Å². The van der Waals surface area contributed by atoms with E-state index >= 15 is 0 Å². The number of aryl methyl sites for hydroxylation is 2. The Kier molecular flexibility index (Phi) is 5.68. The van der Waals surface area contributed by atoms with Crippen LogP contribution in [0.1, 0.15) is 21.5 Å². The quantitative estimate of drug-likeness (QED) is 0.610. The molecule has 4 rings (SSSR count). The molecular weight excluding hydrogens is 428 g/mol. The van der Waals surface area contributed by atoms with Crippen LogP contribution < -0.4 is 14.5 Å². The van der Waals surface area contributed by atoms with E-state index in [4.69, 9.17) is 0 Å². The van der Waals surface area contributed by atoms with Gasteiger partial charge in [-0.3, -0.25) is 4.72 Å². The molecule has 168 valence electrons. The molecular formula is C23H26N4O4S. The third-order valence-electron chi connectivity index (χ3n) is 5.64. The van der Waals surface area contributed by atoms with Crippen molar-refractivity contribution < 1.29 is 18.3 Å². The van der Waals surface area contributed by atoms with Gasteiger partial charge in [-0.1, -0.05) is 12.1 Å². The lowest BCUT2D eigenvalue weighted by atomic mass is 10.1. The SMILES string of the molecule is Cc1ccc(C)c(N2CCN(c3cc(C(=O)O)c4cc(NS(C)(=O)=O)ccc4n3)CC2)c1. The molecule has 1 saturated heterocycles.